The zero-order chi connectivity index (χ0) is 9.87. The second-order valence-electron chi connectivity index (χ2n) is 4.59. The van der Waals surface area contributed by atoms with Gasteiger partial charge in [0.15, 0.2) is 0 Å². The molecule has 78 valence electrons. The molecule has 3 aliphatic rings. The Morgan fingerprint density at radius 1 is 1.36 bits per heavy atom. The molecule has 0 aromatic rings. The van der Waals surface area contributed by atoms with Crippen LogP contribution in [-0.4, -0.2) is 52.0 Å². The van der Waals surface area contributed by atoms with Crippen molar-refractivity contribution in [3.05, 3.63) is 0 Å². The van der Waals surface area contributed by atoms with E-state index in [9.17, 15) is 9.90 Å². The van der Waals surface area contributed by atoms with Crippen LogP contribution in [0.2, 0.25) is 0 Å². The number of nitrogens with zero attached hydrogens (tertiary/aromatic N) is 1. The lowest BCUT2D eigenvalue weighted by Crippen LogP contribution is -2.55. The summed E-state index contributed by atoms with van der Waals surface area (Å²) in [5, 5.41) is 22.2. The molecule has 1 amide bonds. The third-order valence-electron chi connectivity index (χ3n) is 3.90. The third-order valence-corrected chi connectivity index (χ3v) is 3.90. The smallest absolute Gasteiger partial charge is 0.407 e. The first-order valence-corrected chi connectivity index (χ1v) is 5.11. The molecule has 0 spiro atoms. The van der Waals surface area contributed by atoms with Gasteiger partial charge < -0.3 is 15.5 Å². The first kappa shape index (κ1) is 8.49. The molecule has 0 radical (unpaired) electrons. The van der Waals surface area contributed by atoms with E-state index >= 15 is 0 Å². The molecule has 3 fully saturated rings. The van der Waals surface area contributed by atoms with Crippen LogP contribution < -0.4 is 5.32 Å². The summed E-state index contributed by atoms with van der Waals surface area (Å²) < 4.78 is 0. The predicted molar refractivity (Wildman–Crippen MR) is 48.0 cm³/mol. The number of aliphatic hydroxyl groups is 1. The van der Waals surface area contributed by atoms with Crippen molar-refractivity contribution < 1.29 is 15.0 Å². The van der Waals surface area contributed by atoms with Gasteiger partial charge in [0.2, 0.25) is 0 Å². The van der Waals surface area contributed by atoms with Crippen molar-refractivity contribution >= 4 is 6.09 Å². The maximum Gasteiger partial charge on any atom is 0.407 e. The van der Waals surface area contributed by atoms with Crippen molar-refractivity contribution in [3.63, 3.8) is 0 Å². The summed E-state index contributed by atoms with van der Waals surface area (Å²) in [6, 6.07) is -0.203. The Morgan fingerprint density at radius 3 is 2.79 bits per heavy atom. The first-order valence-electron chi connectivity index (χ1n) is 5.11. The third kappa shape index (κ3) is 0.887. The van der Waals surface area contributed by atoms with Gasteiger partial charge in [0, 0.05) is 0 Å². The topological polar surface area (TPSA) is 72.8 Å². The quantitative estimate of drug-likeness (QED) is 0.489. The average Bonchev–Trinajstić information content (AvgIpc) is 2.27. The second kappa shape index (κ2) is 2.61. The average molecular weight is 198 g/mol. The number of hydrogen-bond donors (Lipinski definition) is 3. The molecule has 0 saturated carbocycles. The van der Waals surface area contributed by atoms with Crippen LogP contribution in [0.15, 0.2) is 0 Å². The minimum atomic E-state index is -0.885. The van der Waals surface area contributed by atoms with Gasteiger partial charge in [-0.25, -0.2) is 4.79 Å². The van der Waals surface area contributed by atoms with E-state index in [-0.39, 0.29) is 18.1 Å². The highest BCUT2D eigenvalue weighted by Gasteiger charge is 2.56. The highest BCUT2D eigenvalue weighted by Crippen LogP contribution is 2.41. The van der Waals surface area contributed by atoms with Crippen LogP contribution in [0, 0.1) is 5.92 Å². The molecule has 3 rings (SSSR count). The van der Waals surface area contributed by atoms with E-state index in [2.05, 4.69) is 5.32 Å². The summed E-state index contributed by atoms with van der Waals surface area (Å²) >= 11 is 0. The maximum absolute atomic E-state index is 11.0. The first-order chi connectivity index (χ1) is 6.68. The number of aliphatic hydroxyl groups excluding tert-OH is 1. The number of carboxylic acid groups (broad SMARTS) is 1. The molecule has 3 heterocycles. The number of rotatable bonds is 0. The minimum Gasteiger partial charge on any atom is -0.465 e. The molecule has 0 aromatic carbocycles. The van der Waals surface area contributed by atoms with Crippen LogP contribution in [0.5, 0.6) is 0 Å². The summed E-state index contributed by atoms with van der Waals surface area (Å²) in [6.07, 6.45) is 0.331. The van der Waals surface area contributed by atoms with Gasteiger partial charge in [0.25, 0.3) is 0 Å². The highest BCUT2D eigenvalue weighted by molar-refractivity contribution is 5.67. The molecule has 0 aliphatic carbocycles. The Morgan fingerprint density at radius 2 is 2.07 bits per heavy atom. The van der Waals surface area contributed by atoms with Gasteiger partial charge in [-0.05, 0) is 25.3 Å². The van der Waals surface area contributed by atoms with Crippen LogP contribution in [0.25, 0.3) is 0 Å². The van der Waals surface area contributed by atoms with Gasteiger partial charge >= 0.3 is 6.09 Å². The molecule has 5 atom stereocenters. The number of nitrogens with one attached hydrogen (secondary N) is 1. The van der Waals surface area contributed by atoms with Crippen molar-refractivity contribution in [2.45, 2.75) is 37.1 Å². The standard InChI is InChI=1S/C9H14N2O3/c12-8-6-2-4-1-5(7(8)10-3-4)11(6)9(13)14/h4-8,10,12H,1-3H2,(H,13,14). The second-order valence-corrected chi connectivity index (χ2v) is 4.59. The normalized spacial score (nSPS) is 49.8. The molecule has 0 aromatic heterocycles. The molecule has 5 unspecified atom stereocenters. The Hall–Kier alpha value is -0.810. The molecule has 3 aliphatic heterocycles. The summed E-state index contributed by atoms with van der Waals surface area (Å²) in [4.78, 5) is 12.5. The van der Waals surface area contributed by atoms with E-state index in [0.717, 1.165) is 19.4 Å². The van der Waals surface area contributed by atoms with E-state index in [1.54, 1.807) is 0 Å². The Kier molecular flexibility index (Phi) is 1.58. The SMILES string of the molecule is O=C(O)N1C2CC3CNC(C2O)C1C3. The largest absolute Gasteiger partial charge is 0.465 e. The Labute approximate surface area is 81.7 Å². The molecular weight excluding hydrogens is 184 g/mol. The van der Waals surface area contributed by atoms with Gasteiger partial charge in [-0.15, -0.1) is 0 Å². The minimum absolute atomic E-state index is 0.000000000000000222. The van der Waals surface area contributed by atoms with Gasteiger partial charge in [-0.1, -0.05) is 0 Å². The molecule has 14 heavy (non-hydrogen) atoms. The van der Waals surface area contributed by atoms with Crippen LogP contribution in [0.3, 0.4) is 0 Å². The van der Waals surface area contributed by atoms with Crippen LogP contribution in [0.4, 0.5) is 4.79 Å². The fourth-order valence-corrected chi connectivity index (χ4v) is 3.35. The number of fused-ring (bicyclic) bond motifs is 2. The number of piperidine rings is 2. The van der Waals surface area contributed by atoms with Crippen LogP contribution in [-0.2, 0) is 0 Å². The van der Waals surface area contributed by atoms with Crippen molar-refractivity contribution in [2.24, 2.45) is 5.92 Å². The van der Waals surface area contributed by atoms with Crippen LogP contribution >= 0.6 is 0 Å². The number of hydrogen-bond acceptors (Lipinski definition) is 3. The summed E-state index contributed by atoms with van der Waals surface area (Å²) in [7, 11) is 0. The molecule has 3 saturated heterocycles. The van der Waals surface area contributed by atoms with E-state index in [4.69, 9.17) is 5.11 Å². The van der Waals surface area contributed by atoms with E-state index < -0.39 is 12.2 Å². The summed E-state index contributed by atoms with van der Waals surface area (Å²) in [5.74, 6) is 0.550. The van der Waals surface area contributed by atoms with Gasteiger partial charge in [-0.3, -0.25) is 4.90 Å². The monoisotopic (exact) mass is 198 g/mol. The van der Waals surface area contributed by atoms with Gasteiger partial charge in [0.05, 0.1) is 24.2 Å². The number of amides is 1. The van der Waals surface area contributed by atoms with E-state index in [1.165, 1.54) is 4.90 Å². The fourth-order valence-electron chi connectivity index (χ4n) is 3.35. The van der Waals surface area contributed by atoms with Crippen molar-refractivity contribution in [1.29, 1.82) is 0 Å². The van der Waals surface area contributed by atoms with E-state index in [0.29, 0.717) is 5.92 Å². The lowest BCUT2D eigenvalue weighted by atomic mass is 9.88. The highest BCUT2D eigenvalue weighted by atomic mass is 16.4. The summed E-state index contributed by atoms with van der Waals surface area (Å²) in [6.45, 7) is 0.933. The van der Waals surface area contributed by atoms with Gasteiger partial charge in [-0.2, -0.15) is 0 Å². The summed E-state index contributed by atoms with van der Waals surface area (Å²) in [5.41, 5.74) is 0. The van der Waals surface area contributed by atoms with Gasteiger partial charge in [0.1, 0.15) is 0 Å². The van der Waals surface area contributed by atoms with Crippen molar-refractivity contribution in [3.8, 4) is 0 Å². The number of carbonyl (C=O) groups is 1. The molecule has 5 nitrogen and oxygen atoms in total. The Balaban J connectivity index is 1.97. The molecular formula is C9H14N2O3. The predicted octanol–water partition coefficient (Wildman–Crippen LogP) is -0.540. The maximum atomic E-state index is 11.0. The molecule has 5 heteroatoms. The fraction of sp³-hybridized carbons (Fsp3) is 0.889. The lowest BCUT2D eigenvalue weighted by molar-refractivity contribution is 0.0580. The van der Waals surface area contributed by atoms with Crippen molar-refractivity contribution in [1.82, 2.24) is 10.2 Å². The Bertz CT molecular complexity index is 281. The molecule has 3 bridgehead atoms. The molecule has 3 N–H and O–H groups in total. The van der Waals surface area contributed by atoms with E-state index in [1.807, 2.05) is 0 Å². The zero-order valence-corrected chi connectivity index (χ0v) is 7.76. The lowest BCUT2D eigenvalue weighted by Gasteiger charge is -2.40. The van der Waals surface area contributed by atoms with Crippen LogP contribution in [0.1, 0.15) is 12.8 Å². The van der Waals surface area contributed by atoms with Crippen molar-refractivity contribution in [2.75, 3.05) is 6.54 Å². The zero-order valence-electron chi connectivity index (χ0n) is 7.76.